The predicted molar refractivity (Wildman–Crippen MR) is 68.7 cm³/mol. The van der Waals surface area contributed by atoms with Crippen LogP contribution in [0.1, 0.15) is 18.7 Å². The van der Waals surface area contributed by atoms with Crippen molar-refractivity contribution in [3.63, 3.8) is 0 Å². The average Bonchev–Trinajstić information content (AvgIpc) is 2.70. The fourth-order valence-corrected chi connectivity index (χ4v) is 2.99. The van der Waals surface area contributed by atoms with E-state index in [1.807, 2.05) is 11.3 Å². The summed E-state index contributed by atoms with van der Waals surface area (Å²) in [7, 11) is 0. The number of rotatable bonds is 1. The Hall–Kier alpha value is 0.643. The van der Waals surface area contributed by atoms with Gasteiger partial charge in [-0.1, -0.05) is 0 Å². The molecular weight excluding hydrogens is 326 g/mol. The van der Waals surface area contributed by atoms with Crippen LogP contribution in [0.4, 0.5) is 0 Å². The third kappa shape index (κ3) is 3.06. The fourth-order valence-electron chi connectivity index (χ4n) is 1.64. The second-order valence-electron chi connectivity index (χ2n) is 3.38. The first kappa shape index (κ1) is 15.6. The van der Waals surface area contributed by atoms with E-state index in [0.717, 1.165) is 0 Å². The molecule has 81 valence electrons. The molecule has 0 saturated carbocycles. The second-order valence-corrected chi connectivity index (χ2v) is 5.66. The first-order valence-electron chi connectivity index (χ1n) is 4.38. The Morgan fingerprint density at radius 2 is 2.00 bits per heavy atom. The molecule has 0 N–H and O–H groups in total. The summed E-state index contributed by atoms with van der Waals surface area (Å²) in [6.45, 7) is 4.53. The largest absolute Gasteiger partial charge is 0.147 e. The van der Waals surface area contributed by atoms with Gasteiger partial charge < -0.3 is 0 Å². The van der Waals surface area contributed by atoms with E-state index in [0.29, 0.717) is 5.92 Å². The summed E-state index contributed by atoms with van der Waals surface area (Å²) >= 11 is 3.40. The minimum Gasteiger partial charge on any atom is -0.147 e. The van der Waals surface area contributed by atoms with E-state index in [1.54, 1.807) is 28.0 Å². The van der Waals surface area contributed by atoms with Crippen LogP contribution in [0, 0.1) is 5.92 Å². The van der Waals surface area contributed by atoms with E-state index in [4.69, 9.17) is 0 Å². The number of hydrogen-bond donors (Lipinski definition) is 0. The smallest absolute Gasteiger partial charge is 0.147 e. The SMILES string of the molecule is CC1=[C]([Zr])C(C)C=C1c1cccs1.Cl.Cl. The van der Waals surface area contributed by atoms with Crippen molar-refractivity contribution in [1.82, 2.24) is 0 Å². The van der Waals surface area contributed by atoms with E-state index in [9.17, 15) is 0 Å². The molecule has 1 aliphatic carbocycles. The van der Waals surface area contributed by atoms with E-state index in [-0.39, 0.29) is 24.8 Å². The zero-order valence-corrected chi connectivity index (χ0v) is 13.5. The van der Waals surface area contributed by atoms with Crippen LogP contribution in [-0.4, -0.2) is 0 Å². The van der Waals surface area contributed by atoms with Crippen LogP contribution in [-0.2, 0) is 24.7 Å². The van der Waals surface area contributed by atoms with Crippen LogP contribution in [0.15, 0.2) is 32.4 Å². The Morgan fingerprint density at radius 3 is 2.40 bits per heavy atom. The zero-order valence-electron chi connectivity index (χ0n) is 8.61. The minimum absolute atomic E-state index is 0. The third-order valence-corrected chi connectivity index (χ3v) is 5.41. The van der Waals surface area contributed by atoms with Crippen molar-refractivity contribution in [2.45, 2.75) is 13.8 Å². The summed E-state index contributed by atoms with van der Waals surface area (Å²) in [6, 6.07) is 4.33. The molecule has 1 aliphatic rings. The fraction of sp³-hybridized carbons (Fsp3) is 0.273. The molecule has 1 aromatic heterocycles. The Bertz CT molecular complexity index is 379. The van der Waals surface area contributed by atoms with Gasteiger partial charge in [0.2, 0.25) is 0 Å². The number of halogens is 2. The molecule has 2 rings (SSSR count). The molecule has 1 heterocycles. The maximum absolute atomic E-state index is 2.39. The monoisotopic (exact) mass is 337 g/mol. The van der Waals surface area contributed by atoms with Gasteiger partial charge in [-0.15, -0.1) is 24.8 Å². The first-order valence-corrected chi connectivity index (χ1v) is 6.49. The van der Waals surface area contributed by atoms with Crippen LogP contribution >= 0.6 is 36.2 Å². The summed E-state index contributed by atoms with van der Waals surface area (Å²) in [5.74, 6) is 0.662. The normalized spacial score (nSPS) is 19.3. The Morgan fingerprint density at radius 1 is 1.33 bits per heavy atom. The third-order valence-electron chi connectivity index (χ3n) is 2.47. The van der Waals surface area contributed by atoms with Crippen LogP contribution in [0.2, 0.25) is 0 Å². The van der Waals surface area contributed by atoms with Gasteiger partial charge in [0.1, 0.15) is 0 Å². The molecule has 0 saturated heterocycles. The summed E-state index contributed by atoms with van der Waals surface area (Å²) < 4.78 is 1.61. The van der Waals surface area contributed by atoms with Gasteiger partial charge in [-0.3, -0.25) is 0 Å². The quantitative estimate of drug-likeness (QED) is 0.709. The van der Waals surface area contributed by atoms with Crippen molar-refractivity contribution in [2.24, 2.45) is 5.92 Å². The van der Waals surface area contributed by atoms with Crippen LogP contribution in [0.3, 0.4) is 0 Å². The standard InChI is InChI=1S/C11H11S.2ClH.Zr/c1-8-6-9(2)10(7-8)11-4-3-5-12-11;;;/h3-5,7-8H,1-2H3;2*1H;. The maximum atomic E-state index is 2.39. The molecule has 1 atom stereocenters. The molecule has 4 heteroatoms. The van der Waals surface area contributed by atoms with Gasteiger partial charge in [0.25, 0.3) is 0 Å². The Kier molecular flexibility index (Phi) is 6.67. The summed E-state index contributed by atoms with van der Waals surface area (Å²) in [5.41, 5.74) is 2.97. The number of hydrogen-bond acceptors (Lipinski definition) is 1. The molecule has 0 nitrogen and oxygen atoms in total. The zero-order chi connectivity index (χ0) is 9.42. The van der Waals surface area contributed by atoms with Crippen molar-refractivity contribution >= 4 is 41.7 Å². The topological polar surface area (TPSA) is 0 Å². The van der Waals surface area contributed by atoms with Crippen molar-refractivity contribution in [3.05, 3.63) is 37.3 Å². The molecule has 0 aliphatic heterocycles. The molecule has 0 amide bonds. The van der Waals surface area contributed by atoms with Crippen LogP contribution < -0.4 is 0 Å². The minimum atomic E-state index is 0. The molecule has 0 spiro atoms. The molecular formula is C11H13Cl2SZr. The Balaban J connectivity index is 0.000000980. The predicted octanol–water partition coefficient (Wildman–Crippen LogP) is 4.45. The van der Waals surface area contributed by atoms with Gasteiger partial charge in [0.05, 0.1) is 0 Å². The first-order chi connectivity index (χ1) is 6.20. The molecule has 15 heavy (non-hydrogen) atoms. The number of allylic oxidation sites excluding steroid dienone is 4. The van der Waals surface area contributed by atoms with E-state index < -0.39 is 0 Å². The van der Waals surface area contributed by atoms with E-state index in [2.05, 4.69) is 37.4 Å². The second kappa shape index (κ2) is 6.40. The average molecular weight is 339 g/mol. The van der Waals surface area contributed by atoms with Gasteiger partial charge in [-0.2, -0.15) is 0 Å². The molecule has 1 aromatic rings. The van der Waals surface area contributed by atoms with Gasteiger partial charge >= 0.3 is 98.7 Å². The summed E-state index contributed by atoms with van der Waals surface area (Å²) in [5, 5.41) is 2.15. The number of thiophene rings is 1. The maximum Gasteiger partial charge on any atom is -0.147 e. The van der Waals surface area contributed by atoms with E-state index in [1.165, 1.54) is 16.0 Å². The van der Waals surface area contributed by atoms with Crippen molar-refractivity contribution < 1.29 is 24.7 Å². The van der Waals surface area contributed by atoms with E-state index >= 15 is 0 Å². The van der Waals surface area contributed by atoms with Gasteiger partial charge in [0.15, 0.2) is 0 Å². The Labute approximate surface area is 123 Å². The summed E-state index contributed by atoms with van der Waals surface area (Å²) in [6.07, 6.45) is 2.39. The molecule has 0 fully saturated rings. The van der Waals surface area contributed by atoms with Gasteiger partial charge in [0, 0.05) is 0 Å². The molecule has 0 bridgehead atoms. The van der Waals surface area contributed by atoms with Crippen molar-refractivity contribution in [1.29, 1.82) is 0 Å². The molecule has 1 unspecified atom stereocenters. The van der Waals surface area contributed by atoms with Crippen molar-refractivity contribution in [2.75, 3.05) is 0 Å². The summed E-state index contributed by atoms with van der Waals surface area (Å²) in [4.78, 5) is 1.42. The van der Waals surface area contributed by atoms with Gasteiger partial charge in [-0.25, -0.2) is 0 Å². The molecule has 0 aromatic carbocycles. The van der Waals surface area contributed by atoms with Crippen LogP contribution in [0.5, 0.6) is 0 Å². The van der Waals surface area contributed by atoms with Crippen molar-refractivity contribution in [3.8, 4) is 0 Å². The van der Waals surface area contributed by atoms with Gasteiger partial charge in [-0.05, 0) is 0 Å². The van der Waals surface area contributed by atoms with Crippen LogP contribution in [0.25, 0.3) is 5.57 Å². The molecule has 0 radical (unpaired) electrons.